The van der Waals surface area contributed by atoms with E-state index in [0.29, 0.717) is 0 Å². The fraction of sp³-hybridized carbons (Fsp3) is 0.533. The van der Waals surface area contributed by atoms with E-state index in [1.807, 2.05) is 20.8 Å². The van der Waals surface area contributed by atoms with Crippen molar-refractivity contribution in [2.45, 2.75) is 45.5 Å². The number of ketones is 1. The molecule has 0 saturated heterocycles. The predicted octanol–water partition coefficient (Wildman–Crippen LogP) is 3.97. The zero-order valence-electron chi connectivity index (χ0n) is 11.9. The Morgan fingerprint density at radius 1 is 1.15 bits per heavy atom. The summed E-state index contributed by atoms with van der Waals surface area (Å²) in [7, 11) is 0. The van der Waals surface area contributed by atoms with Crippen LogP contribution in [0.15, 0.2) is 18.2 Å². The number of benzene rings is 1. The minimum absolute atomic E-state index is 0.0902. The average Bonchev–Trinajstić information content (AvgIpc) is 2.52. The summed E-state index contributed by atoms with van der Waals surface area (Å²) in [4.78, 5) is 12.2. The van der Waals surface area contributed by atoms with Crippen molar-refractivity contribution in [3.63, 3.8) is 0 Å². The third kappa shape index (κ3) is 2.59. The van der Waals surface area contributed by atoms with Gasteiger partial charge in [0.15, 0.2) is 5.78 Å². The molecule has 0 aliphatic heterocycles. The van der Waals surface area contributed by atoms with Crippen LogP contribution >= 0.6 is 0 Å². The van der Waals surface area contributed by atoms with E-state index in [4.69, 9.17) is 0 Å². The summed E-state index contributed by atoms with van der Waals surface area (Å²) >= 11 is 0. The van der Waals surface area contributed by atoms with E-state index in [1.165, 1.54) is 12.1 Å². The lowest BCUT2D eigenvalue weighted by molar-refractivity contribution is -0.138. The number of rotatable bonds is 1. The molecule has 2 nitrogen and oxygen atoms in total. The van der Waals surface area contributed by atoms with Gasteiger partial charge in [-0.2, -0.15) is 13.2 Å². The Balaban J connectivity index is 2.59. The second kappa shape index (κ2) is 4.58. The SMILES string of the molecule is CC1C(=O)c2cccc(C(F)(F)F)c2C1NC(C)(C)C. The number of halogens is 3. The van der Waals surface area contributed by atoms with Crippen molar-refractivity contribution in [2.24, 2.45) is 5.92 Å². The zero-order valence-corrected chi connectivity index (χ0v) is 11.9. The molecule has 1 aromatic rings. The Morgan fingerprint density at radius 2 is 1.75 bits per heavy atom. The summed E-state index contributed by atoms with van der Waals surface area (Å²) in [5, 5.41) is 3.15. The van der Waals surface area contributed by atoms with Crippen LogP contribution in [-0.2, 0) is 6.18 Å². The van der Waals surface area contributed by atoms with Gasteiger partial charge in [-0.3, -0.25) is 4.79 Å². The highest BCUT2D eigenvalue weighted by Crippen LogP contribution is 2.44. The molecule has 0 spiro atoms. The second-order valence-electron chi connectivity index (χ2n) is 6.29. The van der Waals surface area contributed by atoms with Gasteiger partial charge >= 0.3 is 6.18 Å². The minimum Gasteiger partial charge on any atom is -0.305 e. The molecule has 2 atom stereocenters. The van der Waals surface area contributed by atoms with Crippen LogP contribution in [0, 0.1) is 5.92 Å². The minimum atomic E-state index is -4.45. The maximum atomic E-state index is 13.2. The lowest BCUT2D eigenvalue weighted by Gasteiger charge is -2.29. The van der Waals surface area contributed by atoms with Crippen molar-refractivity contribution in [2.75, 3.05) is 0 Å². The van der Waals surface area contributed by atoms with Gasteiger partial charge in [-0.25, -0.2) is 0 Å². The van der Waals surface area contributed by atoms with Gasteiger partial charge in [-0.15, -0.1) is 0 Å². The molecule has 2 rings (SSSR count). The summed E-state index contributed by atoms with van der Waals surface area (Å²) in [5.41, 5.74) is -0.810. The quantitative estimate of drug-likeness (QED) is 0.846. The topological polar surface area (TPSA) is 29.1 Å². The van der Waals surface area contributed by atoms with Gasteiger partial charge in [0.2, 0.25) is 0 Å². The molecule has 0 bridgehead atoms. The van der Waals surface area contributed by atoms with Crippen LogP contribution in [0.25, 0.3) is 0 Å². The molecule has 5 heteroatoms. The first kappa shape index (κ1) is 15.0. The predicted molar refractivity (Wildman–Crippen MR) is 70.6 cm³/mol. The number of nitrogens with one attached hydrogen (secondary N) is 1. The summed E-state index contributed by atoms with van der Waals surface area (Å²) < 4.78 is 39.5. The Hall–Kier alpha value is -1.36. The molecular weight excluding hydrogens is 267 g/mol. The maximum absolute atomic E-state index is 13.2. The monoisotopic (exact) mass is 285 g/mol. The standard InChI is InChI=1S/C15H18F3NO/c1-8-12(19-14(2,3)4)11-9(13(8)20)6-5-7-10(11)15(16,17)18/h5-8,12,19H,1-4H3. The molecule has 1 N–H and O–H groups in total. The first-order valence-corrected chi connectivity index (χ1v) is 6.54. The summed E-state index contributed by atoms with van der Waals surface area (Å²) in [5.74, 6) is -0.722. The molecule has 1 aromatic carbocycles. The number of fused-ring (bicyclic) bond motifs is 1. The largest absolute Gasteiger partial charge is 0.416 e. The van der Waals surface area contributed by atoms with Gasteiger partial charge < -0.3 is 5.32 Å². The molecule has 0 radical (unpaired) electrons. The van der Waals surface area contributed by atoms with Gasteiger partial charge in [-0.1, -0.05) is 19.1 Å². The van der Waals surface area contributed by atoms with Crippen LogP contribution in [0.5, 0.6) is 0 Å². The summed E-state index contributed by atoms with van der Waals surface area (Å²) in [6, 6.07) is 3.22. The van der Waals surface area contributed by atoms with E-state index in [1.54, 1.807) is 6.92 Å². The van der Waals surface area contributed by atoms with E-state index in [9.17, 15) is 18.0 Å². The molecule has 2 unspecified atom stereocenters. The average molecular weight is 285 g/mol. The lowest BCUT2D eigenvalue weighted by Crippen LogP contribution is -2.41. The molecule has 1 aliphatic rings. The maximum Gasteiger partial charge on any atom is 0.416 e. The van der Waals surface area contributed by atoms with E-state index in [2.05, 4.69) is 5.32 Å². The molecule has 110 valence electrons. The molecule has 0 fully saturated rings. The third-order valence-electron chi connectivity index (χ3n) is 3.49. The van der Waals surface area contributed by atoms with E-state index >= 15 is 0 Å². The van der Waals surface area contributed by atoms with Crippen LogP contribution in [0.3, 0.4) is 0 Å². The normalized spacial score (nSPS) is 23.1. The van der Waals surface area contributed by atoms with E-state index in [-0.39, 0.29) is 22.4 Å². The van der Waals surface area contributed by atoms with Crippen molar-refractivity contribution in [1.29, 1.82) is 0 Å². The number of hydrogen-bond donors (Lipinski definition) is 1. The summed E-state index contributed by atoms with van der Waals surface area (Å²) in [6.45, 7) is 7.29. The highest BCUT2D eigenvalue weighted by Gasteiger charge is 2.45. The molecule has 0 saturated carbocycles. The van der Waals surface area contributed by atoms with Crippen LogP contribution in [0.1, 0.15) is 55.2 Å². The number of carbonyl (C=O) groups is 1. The third-order valence-corrected chi connectivity index (χ3v) is 3.49. The van der Waals surface area contributed by atoms with Crippen molar-refractivity contribution in [3.05, 3.63) is 34.9 Å². The van der Waals surface area contributed by atoms with E-state index < -0.39 is 23.7 Å². The fourth-order valence-electron chi connectivity index (χ4n) is 2.67. The van der Waals surface area contributed by atoms with Crippen molar-refractivity contribution < 1.29 is 18.0 Å². The van der Waals surface area contributed by atoms with Crippen LogP contribution in [-0.4, -0.2) is 11.3 Å². The molecular formula is C15H18F3NO. The first-order valence-electron chi connectivity index (χ1n) is 6.54. The molecule has 1 aliphatic carbocycles. The van der Waals surface area contributed by atoms with Crippen molar-refractivity contribution in [1.82, 2.24) is 5.32 Å². The van der Waals surface area contributed by atoms with Gasteiger partial charge in [-0.05, 0) is 32.4 Å². The van der Waals surface area contributed by atoms with Gasteiger partial charge in [0.25, 0.3) is 0 Å². The van der Waals surface area contributed by atoms with Gasteiger partial charge in [0, 0.05) is 23.1 Å². The van der Waals surface area contributed by atoms with Gasteiger partial charge in [0.05, 0.1) is 5.56 Å². The Morgan fingerprint density at radius 3 is 2.25 bits per heavy atom. The first-order chi connectivity index (χ1) is 9.02. The van der Waals surface area contributed by atoms with E-state index in [0.717, 1.165) is 6.07 Å². The van der Waals surface area contributed by atoms with Crippen molar-refractivity contribution in [3.8, 4) is 0 Å². The van der Waals surface area contributed by atoms with Gasteiger partial charge in [0.1, 0.15) is 0 Å². The fourth-order valence-corrected chi connectivity index (χ4v) is 2.67. The Bertz CT molecular complexity index is 543. The lowest BCUT2D eigenvalue weighted by atomic mass is 9.95. The highest BCUT2D eigenvalue weighted by molar-refractivity contribution is 6.03. The number of carbonyl (C=O) groups excluding carboxylic acids is 1. The Labute approximate surface area is 116 Å². The van der Waals surface area contributed by atoms with Crippen molar-refractivity contribution >= 4 is 5.78 Å². The molecule has 20 heavy (non-hydrogen) atoms. The smallest absolute Gasteiger partial charge is 0.305 e. The molecule has 0 amide bonds. The van der Waals surface area contributed by atoms with Crippen LogP contribution in [0.4, 0.5) is 13.2 Å². The molecule has 0 heterocycles. The van der Waals surface area contributed by atoms with Crippen LogP contribution in [0.2, 0.25) is 0 Å². The molecule has 0 aromatic heterocycles. The summed E-state index contributed by atoms with van der Waals surface area (Å²) in [6.07, 6.45) is -4.45. The number of alkyl halides is 3. The number of Topliss-reactive ketones (excluding diaryl/α,β-unsaturated/α-hetero) is 1. The zero-order chi connectivity index (χ0) is 15.3. The van der Waals surface area contributed by atoms with Crippen LogP contribution < -0.4 is 5.32 Å². The second-order valence-corrected chi connectivity index (χ2v) is 6.29. The number of hydrogen-bond acceptors (Lipinski definition) is 2. The Kier molecular flexibility index (Phi) is 3.45. The highest BCUT2D eigenvalue weighted by atomic mass is 19.4.